The zero-order valence-corrected chi connectivity index (χ0v) is 7.25. The first-order valence-corrected chi connectivity index (χ1v) is 3.77. The van der Waals surface area contributed by atoms with Crippen LogP contribution in [0.25, 0.3) is 0 Å². The Labute approximate surface area is 79.1 Å². The van der Waals surface area contributed by atoms with Crippen molar-refractivity contribution in [1.29, 1.82) is 0 Å². The average molecular weight is 200 g/mol. The lowest BCUT2D eigenvalue weighted by atomic mass is 10.2. The molecular formula is C8H6ClNO3. The van der Waals surface area contributed by atoms with Crippen LogP contribution >= 0.6 is 11.6 Å². The van der Waals surface area contributed by atoms with Crippen molar-refractivity contribution in [1.82, 2.24) is 0 Å². The van der Waals surface area contributed by atoms with Crippen molar-refractivity contribution in [3.05, 3.63) is 22.7 Å². The quantitative estimate of drug-likeness (QED) is 0.432. The molecule has 0 saturated carbocycles. The van der Waals surface area contributed by atoms with E-state index in [9.17, 15) is 4.79 Å². The molecule has 68 valence electrons. The minimum atomic E-state index is -0.302. The normalized spacial score (nSPS) is 9.31. The highest BCUT2D eigenvalue weighted by molar-refractivity contribution is 6.31. The summed E-state index contributed by atoms with van der Waals surface area (Å²) in [5, 5.41) is 18.3. The Morgan fingerprint density at radius 1 is 1.38 bits per heavy atom. The van der Waals surface area contributed by atoms with Crippen LogP contribution < -0.4 is 0 Å². The van der Waals surface area contributed by atoms with Crippen LogP contribution in [-0.2, 0) is 11.3 Å². The minimum Gasteiger partial charge on any atom is -0.504 e. The first-order valence-electron chi connectivity index (χ1n) is 3.39. The third-order valence-electron chi connectivity index (χ3n) is 1.46. The molecule has 0 aliphatic heterocycles. The first kappa shape index (κ1) is 9.58. The Balaban J connectivity index is 3.07. The number of halogens is 1. The molecule has 5 heteroatoms. The smallest absolute Gasteiger partial charge is 0.235 e. The number of phenolic OH excluding ortho intramolecular Hbond substituents is 2. The average Bonchev–Trinajstić information content (AvgIpc) is 2.09. The molecule has 0 saturated heterocycles. The van der Waals surface area contributed by atoms with E-state index in [0.717, 1.165) is 0 Å². The first-order chi connectivity index (χ1) is 6.15. The Bertz CT molecular complexity index is 372. The highest BCUT2D eigenvalue weighted by Gasteiger charge is 2.05. The van der Waals surface area contributed by atoms with Crippen LogP contribution in [0.15, 0.2) is 17.1 Å². The maximum Gasteiger partial charge on any atom is 0.235 e. The van der Waals surface area contributed by atoms with Gasteiger partial charge in [0.15, 0.2) is 11.5 Å². The van der Waals surface area contributed by atoms with E-state index in [-0.39, 0.29) is 23.1 Å². The van der Waals surface area contributed by atoms with Crippen LogP contribution in [0.2, 0.25) is 5.02 Å². The highest BCUT2D eigenvalue weighted by atomic mass is 35.5. The van der Waals surface area contributed by atoms with E-state index in [4.69, 9.17) is 21.8 Å². The number of benzene rings is 1. The highest BCUT2D eigenvalue weighted by Crippen LogP contribution is 2.31. The van der Waals surface area contributed by atoms with Crippen molar-refractivity contribution in [2.24, 2.45) is 4.99 Å². The van der Waals surface area contributed by atoms with E-state index in [1.54, 1.807) is 0 Å². The van der Waals surface area contributed by atoms with E-state index < -0.39 is 0 Å². The maximum absolute atomic E-state index is 9.79. The second kappa shape index (κ2) is 3.94. The van der Waals surface area contributed by atoms with Gasteiger partial charge >= 0.3 is 0 Å². The predicted molar refractivity (Wildman–Crippen MR) is 46.6 cm³/mol. The summed E-state index contributed by atoms with van der Waals surface area (Å²) in [6.07, 6.45) is 1.35. The molecule has 13 heavy (non-hydrogen) atoms. The molecule has 0 amide bonds. The molecule has 4 nitrogen and oxygen atoms in total. The second-order valence-electron chi connectivity index (χ2n) is 2.34. The molecule has 0 bridgehead atoms. The lowest BCUT2D eigenvalue weighted by molar-refractivity contribution is 0.403. The fourth-order valence-corrected chi connectivity index (χ4v) is 1.05. The van der Waals surface area contributed by atoms with E-state index >= 15 is 0 Å². The molecule has 0 atom stereocenters. The molecular weight excluding hydrogens is 194 g/mol. The van der Waals surface area contributed by atoms with Crippen LogP contribution in [0.4, 0.5) is 0 Å². The SMILES string of the molecule is O=C=NCc1cc(O)c(O)cc1Cl. The van der Waals surface area contributed by atoms with E-state index in [2.05, 4.69) is 4.99 Å². The monoisotopic (exact) mass is 199 g/mol. The number of hydrogen-bond acceptors (Lipinski definition) is 4. The summed E-state index contributed by atoms with van der Waals surface area (Å²) in [4.78, 5) is 13.1. The van der Waals surface area contributed by atoms with Crippen LogP contribution in [-0.4, -0.2) is 16.3 Å². The van der Waals surface area contributed by atoms with Crippen LogP contribution in [0, 0.1) is 0 Å². The van der Waals surface area contributed by atoms with Crippen LogP contribution in [0.5, 0.6) is 11.5 Å². The molecule has 0 unspecified atom stereocenters. The lowest BCUT2D eigenvalue weighted by Gasteiger charge is -2.02. The van der Waals surface area contributed by atoms with Crippen molar-refractivity contribution >= 4 is 17.7 Å². The Kier molecular flexibility index (Phi) is 2.90. The summed E-state index contributed by atoms with van der Waals surface area (Å²) in [5.41, 5.74) is 0.459. The minimum absolute atomic E-state index is 0.0379. The molecule has 0 aromatic heterocycles. The van der Waals surface area contributed by atoms with Gasteiger partial charge in [0.05, 0.1) is 6.54 Å². The van der Waals surface area contributed by atoms with Crippen molar-refractivity contribution in [2.45, 2.75) is 6.54 Å². The third-order valence-corrected chi connectivity index (χ3v) is 1.81. The van der Waals surface area contributed by atoms with E-state index in [1.165, 1.54) is 18.2 Å². The molecule has 1 aromatic rings. The van der Waals surface area contributed by atoms with Gasteiger partial charge in [-0.3, -0.25) is 0 Å². The second-order valence-corrected chi connectivity index (χ2v) is 2.75. The van der Waals surface area contributed by atoms with Crippen molar-refractivity contribution in [3.8, 4) is 11.5 Å². The fourth-order valence-electron chi connectivity index (χ4n) is 0.833. The molecule has 2 N–H and O–H groups in total. The Morgan fingerprint density at radius 2 is 2.00 bits per heavy atom. The van der Waals surface area contributed by atoms with Gasteiger partial charge in [-0.15, -0.1) is 0 Å². The summed E-state index contributed by atoms with van der Waals surface area (Å²) >= 11 is 5.68. The van der Waals surface area contributed by atoms with Gasteiger partial charge in [-0.05, 0) is 11.6 Å². The zero-order valence-electron chi connectivity index (χ0n) is 6.49. The van der Waals surface area contributed by atoms with Gasteiger partial charge < -0.3 is 10.2 Å². The number of hydrogen-bond donors (Lipinski definition) is 2. The summed E-state index contributed by atoms with van der Waals surface area (Å²) < 4.78 is 0. The number of rotatable bonds is 2. The number of nitrogens with zero attached hydrogens (tertiary/aromatic N) is 1. The van der Waals surface area contributed by atoms with Gasteiger partial charge in [0.2, 0.25) is 6.08 Å². The van der Waals surface area contributed by atoms with Crippen LogP contribution in [0.3, 0.4) is 0 Å². The zero-order chi connectivity index (χ0) is 9.84. The molecule has 0 heterocycles. The predicted octanol–water partition coefficient (Wildman–Crippen LogP) is 1.59. The summed E-state index contributed by atoms with van der Waals surface area (Å²) in [6, 6.07) is 2.44. The molecule has 0 fully saturated rings. The van der Waals surface area contributed by atoms with Crippen molar-refractivity contribution in [3.63, 3.8) is 0 Å². The van der Waals surface area contributed by atoms with Gasteiger partial charge in [-0.2, -0.15) is 0 Å². The summed E-state index contributed by atoms with van der Waals surface area (Å²) in [5.74, 6) is -0.593. The van der Waals surface area contributed by atoms with Crippen LogP contribution in [0.1, 0.15) is 5.56 Å². The lowest BCUT2D eigenvalue weighted by Crippen LogP contribution is -1.83. The van der Waals surface area contributed by atoms with Gasteiger partial charge in [-0.25, -0.2) is 9.79 Å². The van der Waals surface area contributed by atoms with Gasteiger partial charge in [-0.1, -0.05) is 11.6 Å². The standard InChI is InChI=1S/C8H6ClNO3/c9-6-2-8(13)7(12)1-5(6)3-10-4-11/h1-2,12-13H,3H2. The molecule has 1 aromatic carbocycles. The molecule has 0 aliphatic carbocycles. The molecule has 0 radical (unpaired) electrons. The largest absolute Gasteiger partial charge is 0.504 e. The maximum atomic E-state index is 9.79. The molecule has 0 aliphatic rings. The Hall–Kier alpha value is -1.51. The van der Waals surface area contributed by atoms with E-state index in [1.807, 2.05) is 0 Å². The van der Waals surface area contributed by atoms with Crippen molar-refractivity contribution < 1.29 is 15.0 Å². The number of phenols is 2. The van der Waals surface area contributed by atoms with Gasteiger partial charge in [0.1, 0.15) is 0 Å². The van der Waals surface area contributed by atoms with Crippen molar-refractivity contribution in [2.75, 3.05) is 0 Å². The van der Waals surface area contributed by atoms with Gasteiger partial charge in [0.25, 0.3) is 0 Å². The van der Waals surface area contributed by atoms with E-state index in [0.29, 0.717) is 5.56 Å². The molecule has 1 rings (SSSR count). The number of isocyanates is 1. The summed E-state index contributed by atoms with van der Waals surface area (Å²) in [6.45, 7) is 0.0379. The number of aliphatic imine (C=N–C) groups is 1. The Morgan fingerprint density at radius 3 is 2.62 bits per heavy atom. The topological polar surface area (TPSA) is 69.9 Å². The summed E-state index contributed by atoms with van der Waals surface area (Å²) in [7, 11) is 0. The third kappa shape index (κ3) is 2.21. The number of aromatic hydroxyl groups is 2. The van der Waals surface area contributed by atoms with Gasteiger partial charge in [0, 0.05) is 11.1 Å². The molecule has 0 spiro atoms. The fraction of sp³-hybridized carbons (Fsp3) is 0.125. The number of carbonyl (C=O) groups excluding carboxylic acids is 1.